The van der Waals surface area contributed by atoms with Gasteiger partial charge in [-0.3, -0.25) is 9.59 Å². The molecule has 3 saturated heterocycles. The normalized spacial score (nSPS) is 22.4. The number of fused-ring (bicyclic) bond motifs is 5. The molecule has 0 unspecified atom stereocenters. The third-order valence-electron chi connectivity index (χ3n) is 8.30. The van der Waals surface area contributed by atoms with Crippen LogP contribution in [0.4, 0.5) is 0 Å². The summed E-state index contributed by atoms with van der Waals surface area (Å²) in [6.07, 6.45) is 3.69. The number of likely N-dealkylation sites (tertiary alicyclic amines) is 1. The zero-order valence-electron chi connectivity index (χ0n) is 22.2. The number of hydrogen-bond donors (Lipinski definition) is 0. The molecule has 9 nitrogen and oxygen atoms in total. The lowest BCUT2D eigenvalue weighted by molar-refractivity contribution is -0.149. The van der Waals surface area contributed by atoms with Gasteiger partial charge in [0, 0.05) is 43.5 Å². The van der Waals surface area contributed by atoms with E-state index in [9.17, 15) is 14.4 Å². The second-order valence-electron chi connectivity index (χ2n) is 10.7. The van der Waals surface area contributed by atoms with E-state index in [-0.39, 0.29) is 24.5 Å². The molecule has 4 heterocycles. The average Bonchev–Trinajstić information content (AvgIpc) is 2.95. The Morgan fingerprint density at radius 2 is 1.85 bits per heavy atom. The lowest BCUT2D eigenvalue weighted by Crippen LogP contribution is -2.61. The quantitative estimate of drug-likeness (QED) is 0.447. The van der Waals surface area contributed by atoms with Crippen LogP contribution in [0, 0.1) is 11.8 Å². The lowest BCUT2D eigenvalue weighted by atomic mass is 9.76. The Kier molecular flexibility index (Phi) is 6.66. The van der Waals surface area contributed by atoms with E-state index in [1.807, 2.05) is 11.0 Å². The molecule has 3 aliphatic rings. The van der Waals surface area contributed by atoms with E-state index in [4.69, 9.17) is 18.6 Å². The first-order chi connectivity index (χ1) is 18.9. The van der Waals surface area contributed by atoms with E-state index < -0.39 is 5.63 Å². The Hall–Kier alpha value is -4.01. The highest BCUT2D eigenvalue weighted by Gasteiger charge is 2.44. The number of rotatable bonds is 6. The Balaban J connectivity index is 1.14. The zero-order chi connectivity index (χ0) is 27.1. The minimum absolute atomic E-state index is 0.0642. The lowest BCUT2D eigenvalue weighted by Gasteiger charge is -2.52. The maximum Gasteiger partial charge on any atom is 0.344 e. The number of hydrogen-bond acceptors (Lipinski definition) is 7. The van der Waals surface area contributed by atoms with Crippen molar-refractivity contribution in [3.05, 3.63) is 52.9 Å². The van der Waals surface area contributed by atoms with Gasteiger partial charge in [0.25, 0.3) is 5.91 Å². The van der Waals surface area contributed by atoms with Crippen molar-refractivity contribution in [2.24, 2.45) is 11.8 Å². The zero-order valence-corrected chi connectivity index (χ0v) is 22.2. The maximum absolute atomic E-state index is 13.1. The van der Waals surface area contributed by atoms with Crippen LogP contribution in [0.1, 0.15) is 25.7 Å². The molecule has 0 radical (unpaired) electrons. The summed E-state index contributed by atoms with van der Waals surface area (Å²) >= 11 is 0. The number of amides is 2. The van der Waals surface area contributed by atoms with Crippen LogP contribution in [-0.4, -0.2) is 68.1 Å². The summed E-state index contributed by atoms with van der Waals surface area (Å²) in [5.41, 5.74) is 0.948. The van der Waals surface area contributed by atoms with Gasteiger partial charge >= 0.3 is 5.63 Å². The topological polar surface area (TPSA) is 98.5 Å². The molecule has 3 fully saturated rings. The van der Waals surface area contributed by atoms with Gasteiger partial charge in [-0.05, 0) is 67.0 Å². The maximum atomic E-state index is 13.1. The molecule has 9 heteroatoms. The van der Waals surface area contributed by atoms with Crippen molar-refractivity contribution in [2.75, 3.05) is 40.5 Å². The van der Waals surface area contributed by atoms with Gasteiger partial charge in [0.05, 0.1) is 19.8 Å². The third kappa shape index (κ3) is 4.82. The number of carbonyl (C=O) groups is 2. The molecule has 2 aromatic carbocycles. The number of ether oxygens (including phenoxy) is 3. The summed E-state index contributed by atoms with van der Waals surface area (Å²) < 4.78 is 22.1. The summed E-state index contributed by atoms with van der Waals surface area (Å²) in [7, 11) is 3.10. The minimum atomic E-state index is -0.488. The van der Waals surface area contributed by atoms with E-state index in [1.54, 1.807) is 50.6 Å². The van der Waals surface area contributed by atoms with Gasteiger partial charge in [-0.2, -0.15) is 0 Å². The van der Waals surface area contributed by atoms with E-state index in [1.165, 1.54) is 0 Å². The molecule has 0 aliphatic carbocycles. The molecule has 1 aromatic heterocycles. The fourth-order valence-electron chi connectivity index (χ4n) is 6.44. The van der Waals surface area contributed by atoms with Gasteiger partial charge in [-0.15, -0.1) is 0 Å². The molecule has 3 aliphatic heterocycles. The number of piperidine rings is 3. The molecule has 0 spiro atoms. The third-order valence-corrected chi connectivity index (χ3v) is 8.30. The first kappa shape index (κ1) is 25.3. The first-order valence-corrected chi connectivity index (χ1v) is 13.4. The SMILES string of the molecule is COc1ccc(-c2cc3ccc(OCC(=O)N4C[C@H]5C[C@@H](C4)[C@H]4CCCC(=O)N4C5)cc3oc2=O)cc1OC. The fraction of sp³-hybridized carbons (Fsp3) is 0.433. The van der Waals surface area contributed by atoms with Gasteiger partial charge in [0.2, 0.25) is 5.91 Å². The smallest absolute Gasteiger partial charge is 0.344 e. The van der Waals surface area contributed by atoms with Crippen LogP contribution in [0.15, 0.2) is 51.7 Å². The van der Waals surface area contributed by atoms with Crippen molar-refractivity contribution in [1.82, 2.24) is 9.80 Å². The van der Waals surface area contributed by atoms with E-state index in [2.05, 4.69) is 4.90 Å². The molecule has 6 rings (SSSR count). The van der Waals surface area contributed by atoms with Gasteiger partial charge in [0.1, 0.15) is 11.3 Å². The van der Waals surface area contributed by atoms with Gasteiger partial charge in [0.15, 0.2) is 18.1 Å². The van der Waals surface area contributed by atoms with Crippen LogP contribution in [-0.2, 0) is 9.59 Å². The molecule has 0 N–H and O–H groups in total. The second kappa shape index (κ2) is 10.3. The minimum Gasteiger partial charge on any atom is -0.493 e. The molecule has 204 valence electrons. The van der Waals surface area contributed by atoms with Crippen LogP contribution >= 0.6 is 0 Å². The predicted molar refractivity (Wildman–Crippen MR) is 144 cm³/mol. The molecular weight excluding hydrogens is 500 g/mol. The Morgan fingerprint density at radius 1 is 1.00 bits per heavy atom. The predicted octanol–water partition coefficient (Wildman–Crippen LogP) is 3.72. The van der Waals surface area contributed by atoms with Crippen LogP contribution < -0.4 is 19.8 Å². The largest absolute Gasteiger partial charge is 0.493 e. The number of nitrogens with zero attached hydrogens (tertiary/aromatic N) is 2. The molecule has 3 aromatic rings. The van der Waals surface area contributed by atoms with E-state index in [0.29, 0.717) is 65.3 Å². The van der Waals surface area contributed by atoms with Gasteiger partial charge < -0.3 is 28.4 Å². The first-order valence-electron chi connectivity index (χ1n) is 13.4. The molecule has 0 saturated carbocycles. The van der Waals surface area contributed by atoms with Gasteiger partial charge in [-0.1, -0.05) is 6.07 Å². The second-order valence-corrected chi connectivity index (χ2v) is 10.7. The van der Waals surface area contributed by atoms with E-state index in [0.717, 1.165) is 31.2 Å². The van der Waals surface area contributed by atoms with Crippen molar-refractivity contribution in [3.8, 4) is 28.4 Å². The summed E-state index contributed by atoms with van der Waals surface area (Å²) in [5.74, 6) is 2.40. The van der Waals surface area contributed by atoms with Crippen molar-refractivity contribution in [3.63, 3.8) is 0 Å². The Labute approximate surface area is 226 Å². The molecule has 3 atom stereocenters. The number of benzene rings is 2. The van der Waals surface area contributed by atoms with Crippen molar-refractivity contribution < 1.29 is 28.2 Å². The summed E-state index contributed by atoms with van der Waals surface area (Å²) in [4.78, 5) is 42.2. The van der Waals surface area contributed by atoms with Crippen LogP contribution in [0.25, 0.3) is 22.1 Å². The number of carbonyl (C=O) groups excluding carboxylic acids is 2. The molecular formula is C30H32N2O7. The van der Waals surface area contributed by atoms with Gasteiger partial charge in [-0.25, -0.2) is 4.79 Å². The number of methoxy groups -OCH3 is 2. The van der Waals surface area contributed by atoms with Crippen molar-refractivity contribution in [1.29, 1.82) is 0 Å². The highest BCUT2D eigenvalue weighted by atomic mass is 16.5. The van der Waals surface area contributed by atoms with Crippen molar-refractivity contribution in [2.45, 2.75) is 31.7 Å². The van der Waals surface area contributed by atoms with Crippen LogP contribution in [0.2, 0.25) is 0 Å². The Morgan fingerprint density at radius 3 is 2.67 bits per heavy atom. The molecule has 39 heavy (non-hydrogen) atoms. The van der Waals surface area contributed by atoms with Crippen LogP contribution in [0.5, 0.6) is 17.2 Å². The summed E-state index contributed by atoms with van der Waals surface area (Å²) in [6.45, 7) is 1.98. The van der Waals surface area contributed by atoms with Crippen molar-refractivity contribution >= 4 is 22.8 Å². The standard InChI is InChI=1S/C30H32N2O7/c1-36-25-9-7-19(12-27(25)37-2)23-11-20-6-8-22(13-26(20)39-30(23)35)38-17-29(34)31-14-18-10-21(16-31)24-4-3-5-28(33)32(24)15-18/h6-9,11-13,18,21,24H,3-5,10,14-17H2,1-2H3/t18-,21+,24-/m1/s1. The highest BCUT2D eigenvalue weighted by molar-refractivity contribution is 5.83. The monoisotopic (exact) mass is 532 g/mol. The Bertz CT molecular complexity index is 1480. The fourth-order valence-corrected chi connectivity index (χ4v) is 6.44. The highest BCUT2D eigenvalue weighted by Crippen LogP contribution is 2.38. The molecule has 2 bridgehead atoms. The van der Waals surface area contributed by atoms with E-state index >= 15 is 0 Å². The average molecular weight is 533 g/mol. The summed E-state index contributed by atoms with van der Waals surface area (Å²) in [5, 5.41) is 0.730. The van der Waals surface area contributed by atoms with Crippen LogP contribution in [0.3, 0.4) is 0 Å². The molecule has 2 amide bonds. The summed E-state index contributed by atoms with van der Waals surface area (Å²) in [6, 6.07) is 12.5.